The second kappa shape index (κ2) is 5.67. The van der Waals surface area contributed by atoms with E-state index in [-0.39, 0.29) is 6.54 Å². The lowest BCUT2D eigenvalue weighted by atomic mass is 10.2. The number of amides is 1. The molecule has 0 fully saturated rings. The van der Waals surface area contributed by atoms with Crippen LogP contribution in [0.15, 0.2) is 42.6 Å². The van der Waals surface area contributed by atoms with Gasteiger partial charge in [0.15, 0.2) is 0 Å². The Labute approximate surface area is 114 Å². The molecule has 2 aromatic rings. The first-order valence-electron chi connectivity index (χ1n) is 5.43. The monoisotopic (exact) mass is 280 g/mol. The number of carboxylic acid groups (broad SMARTS) is 1. The van der Waals surface area contributed by atoms with Crippen LogP contribution in [0, 0.1) is 5.82 Å². The fraction of sp³-hybridized carbons (Fsp3) is 0.0769. The highest BCUT2D eigenvalue weighted by atomic mass is 35.5. The van der Waals surface area contributed by atoms with Crippen molar-refractivity contribution in [3.05, 3.63) is 59.1 Å². The number of nitrogens with zero attached hydrogens (tertiary/aromatic N) is 2. The zero-order chi connectivity index (χ0) is 13.8. The highest BCUT2D eigenvalue weighted by Crippen LogP contribution is 2.18. The van der Waals surface area contributed by atoms with Gasteiger partial charge in [-0.2, -0.15) is 0 Å². The Bertz CT molecular complexity index is 572. The lowest BCUT2D eigenvalue weighted by molar-refractivity contribution is 0.201. The third kappa shape index (κ3) is 3.42. The average molecular weight is 281 g/mol. The number of hydrogen-bond acceptors (Lipinski definition) is 2. The molecule has 0 atom stereocenters. The molecule has 0 spiro atoms. The maximum Gasteiger partial charge on any atom is 0.412 e. The zero-order valence-electron chi connectivity index (χ0n) is 9.75. The van der Waals surface area contributed by atoms with E-state index in [0.29, 0.717) is 16.4 Å². The van der Waals surface area contributed by atoms with Crippen molar-refractivity contribution in [1.29, 1.82) is 0 Å². The molecule has 1 amide bonds. The summed E-state index contributed by atoms with van der Waals surface area (Å²) in [5.74, 6) is -0.415. The minimum Gasteiger partial charge on any atom is -0.465 e. The van der Waals surface area contributed by atoms with Crippen molar-refractivity contribution in [2.45, 2.75) is 6.54 Å². The van der Waals surface area contributed by atoms with Gasteiger partial charge in [0.2, 0.25) is 0 Å². The van der Waals surface area contributed by atoms with E-state index in [0.717, 1.165) is 4.90 Å². The normalized spacial score (nSPS) is 10.2. The zero-order valence-corrected chi connectivity index (χ0v) is 10.5. The van der Waals surface area contributed by atoms with Gasteiger partial charge in [-0.05, 0) is 35.9 Å². The van der Waals surface area contributed by atoms with Crippen LogP contribution in [0.2, 0.25) is 5.15 Å². The van der Waals surface area contributed by atoms with Crippen LogP contribution < -0.4 is 4.90 Å². The summed E-state index contributed by atoms with van der Waals surface area (Å²) in [4.78, 5) is 16.2. The Balaban J connectivity index is 2.23. The van der Waals surface area contributed by atoms with Gasteiger partial charge in [0.05, 0.1) is 6.54 Å². The predicted molar refractivity (Wildman–Crippen MR) is 69.9 cm³/mol. The lowest BCUT2D eigenvalue weighted by Crippen LogP contribution is -2.28. The number of carbonyl (C=O) groups is 1. The van der Waals surface area contributed by atoms with Gasteiger partial charge in [-0.1, -0.05) is 17.7 Å². The van der Waals surface area contributed by atoms with Gasteiger partial charge < -0.3 is 5.11 Å². The standard InChI is InChI=1S/C13H10ClFN2O2/c14-12-6-1-9(7-16-12)8-17(13(18)19)11-4-2-10(15)3-5-11/h1-7H,8H2,(H,18,19). The molecule has 1 aromatic heterocycles. The number of aromatic nitrogens is 1. The third-order valence-corrected chi connectivity index (χ3v) is 2.72. The number of anilines is 1. The molecule has 19 heavy (non-hydrogen) atoms. The van der Waals surface area contributed by atoms with Gasteiger partial charge in [0, 0.05) is 11.9 Å². The van der Waals surface area contributed by atoms with Gasteiger partial charge in [0.25, 0.3) is 0 Å². The van der Waals surface area contributed by atoms with Crippen molar-refractivity contribution in [1.82, 2.24) is 4.98 Å². The molecule has 0 saturated heterocycles. The molecule has 2 rings (SSSR count). The molecule has 0 aliphatic carbocycles. The third-order valence-electron chi connectivity index (χ3n) is 2.50. The van der Waals surface area contributed by atoms with Crippen molar-refractivity contribution < 1.29 is 14.3 Å². The molecule has 98 valence electrons. The van der Waals surface area contributed by atoms with Crippen LogP contribution in [0.4, 0.5) is 14.9 Å². The number of hydrogen-bond donors (Lipinski definition) is 1. The Morgan fingerprint density at radius 1 is 1.26 bits per heavy atom. The number of halogens is 2. The molecule has 0 saturated carbocycles. The van der Waals surface area contributed by atoms with Crippen molar-refractivity contribution >= 4 is 23.4 Å². The molecule has 6 heteroatoms. The average Bonchev–Trinajstić information content (AvgIpc) is 2.39. The summed E-state index contributed by atoms with van der Waals surface area (Å²) in [5.41, 5.74) is 1.08. The van der Waals surface area contributed by atoms with E-state index in [1.54, 1.807) is 12.1 Å². The smallest absolute Gasteiger partial charge is 0.412 e. The summed E-state index contributed by atoms with van der Waals surface area (Å²) in [7, 11) is 0. The van der Waals surface area contributed by atoms with Crippen LogP contribution >= 0.6 is 11.6 Å². The highest BCUT2D eigenvalue weighted by molar-refractivity contribution is 6.29. The lowest BCUT2D eigenvalue weighted by Gasteiger charge is -2.19. The molecule has 1 heterocycles. The van der Waals surface area contributed by atoms with Crippen molar-refractivity contribution in [2.75, 3.05) is 4.90 Å². The fourth-order valence-electron chi connectivity index (χ4n) is 1.57. The molecule has 0 aliphatic rings. The molecule has 4 nitrogen and oxygen atoms in total. The van der Waals surface area contributed by atoms with Crippen LogP contribution in [0.3, 0.4) is 0 Å². The minimum atomic E-state index is -1.12. The second-order valence-corrected chi connectivity index (χ2v) is 4.22. The molecule has 0 radical (unpaired) electrons. The van der Waals surface area contributed by atoms with Gasteiger partial charge >= 0.3 is 6.09 Å². The molecule has 0 aliphatic heterocycles. The largest absolute Gasteiger partial charge is 0.465 e. The Morgan fingerprint density at radius 2 is 1.95 bits per heavy atom. The molecule has 1 N–H and O–H groups in total. The van der Waals surface area contributed by atoms with E-state index >= 15 is 0 Å². The first-order chi connectivity index (χ1) is 9.06. The van der Waals surface area contributed by atoms with E-state index in [9.17, 15) is 14.3 Å². The second-order valence-electron chi connectivity index (χ2n) is 3.83. The van der Waals surface area contributed by atoms with Crippen LogP contribution in [0.1, 0.15) is 5.56 Å². The quantitative estimate of drug-likeness (QED) is 0.875. The van der Waals surface area contributed by atoms with Gasteiger partial charge in [-0.15, -0.1) is 0 Å². The maximum absolute atomic E-state index is 12.8. The first-order valence-corrected chi connectivity index (χ1v) is 5.80. The predicted octanol–water partition coefficient (Wildman–Crippen LogP) is 3.56. The molecular weight excluding hydrogens is 271 g/mol. The summed E-state index contributed by atoms with van der Waals surface area (Å²) in [6.07, 6.45) is 0.378. The maximum atomic E-state index is 12.8. The fourth-order valence-corrected chi connectivity index (χ4v) is 1.68. The molecule has 1 aromatic carbocycles. The van der Waals surface area contributed by atoms with Gasteiger partial charge in [-0.3, -0.25) is 4.90 Å². The number of benzene rings is 1. The van der Waals surface area contributed by atoms with Crippen LogP contribution in [-0.4, -0.2) is 16.2 Å². The summed E-state index contributed by atoms with van der Waals surface area (Å²) in [6, 6.07) is 8.52. The Hall–Kier alpha value is -2.14. The van der Waals surface area contributed by atoms with E-state index in [2.05, 4.69) is 4.98 Å². The first kappa shape index (κ1) is 13.3. The number of pyridine rings is 1. The van der Waals surface area contributed by atoms with Crippen molar-refractivity contribution in [3.8, 4) is 0 Å². The summed E-state index contributed by atoms with van der Waals surface area (Å²) in [6.45, 7) is 0.116. The summed E-state index contributed by atoms with van der Waals surface area (Å²) < 4.78 is 12.8. The van der Waals surface area contributed by atoms with Crippen LogP contribution in [-0.2, 0) is 6.54 Å². The van der Waals surface area contributed by atoms with Crippen LogP contribution in [0.25, 0.3) is 0 Å². The highest BCUT2D eigenvalue weighted by Gasteiger charge is 2.15. The van der Waals surface area contributed by atoms with E-state index < -0.39 is 11.9 Å². The topological polar surface area (TPSA) is 53.4 Å². The number of rotatable bonds is 3. The SMILES string of the molecule is O=C(O)N(Cc1ccc(Cl)nc1)c1ccc(F)cc1. The van der Waals surface area contributed by atoms with E-state index in [1.165, 1.54) is 30.5 Å². The Kier molecular flexibility index (Phi) is 3.97. The van der Waals surface area contributed by atoms with Gasteiger partial charge in [0.1, 0.15) is 11.0 Å². The van der Waals surface area contributed by atoms with E-state index in [1.807, 2.05) is 0 Å². The van der Waals surface area contributed by atoms with Crippen LogP contribution in [0.5, 0.6) is 0 Å². The summed E-state index contributed by atoms with van der Waals surface area (Å²) >= 11 is 5.66. The van der Waals surface area contributed by atoms with E-state index in [4.69, 9.17) is 11.6 Å². The van der Waals surface area contributed by atoms with Crippen molar-refractivity contribution in [3.63, 3.8) is 0 Å². The van der Waals surface area contributed by atoms with Crippen molar-refractivity contribution in [2.24, 2.45) is 0 Å². The van der Waals surface area contributed by atoms with Gasteiger partial charge in [-0.25, -0.2) is 14.2 Å². The molecular formula is C13H10ClFN2O2. The molecule has 0 bridgehead atoms. The Morgan fingerprint density at radius 3 is 2.47 bits per heavy atom. The summed E-state index contributed by atoms with van der Waals surface area (Å²) in [5, 5.41) is 9.54. The molecule has 0 unspecified atom stereocenters. The minimum absolute atomic E-state index is 0.116.